The van der Waals surface area contributed by atoms with Crippen LogP contribution in [0.5, 0.6) is 0 Å². The third-order valence-electron chi connectivity index (χ3n) is 4.36. The van der Waals surface area contributed by atoms with Gasteiger partial charge in [0.25, 0.3) is 5.91 Å². The lowest BCUT2D eigenvalue weighted by Gasteiger charge is -2.13. The Morgan fingerprint density at radius 1 is 0.929 bits per heavy atom. The average Bonchev–Trinajstić information content (AvgIpc) is 2.69. The van der Waals surface area contributed by atoms with Crippen LogP contribution in [0.1, 0.15) is 35.8 Å². The summed E-state index contributed by atoms with van der Waals surface area (Å²) in [6, 6.07) is 17.3. The molecule has 0 unspecified atom stereocenters. The van der Waals surface area contributed by atoms with Crippen molar-refractivity contribution in [2.24, 2.45) is 0 Å². The standard InChI is InChI=1S/C22H25N5O/c1-15(2)16-5-7-18(8-6-16)25-22-23-14-13-20(26-22)21(28)24-17-9-11-19(12-10-17)27(3)4/h5-15H,1-4H3,(H,24,28)(H,23,25,26). The number of carbonyl (C=O) groups is 1. The summed E-state index contributed by atoms with van der Waals surface area (Å²) in [7, 11) is 3.94. The molecule has 1 amide bonds. The van der Waals surface area contributed by atoms with Crippen LogP contribution in [0, 0.1) is 0 Å². The van der Waals surface area contributed by atoms with Gasteiger partial charge in [-0.1, -0.05) is 26.0 Å². The molecule has 0 aliphatic rings. The minimum atomic E-state index is -0.279. The van der Waals surface area contributed by atoms with E-state index in [1.807, 2.05) is 55.4 Å². The first kappa shape index (κ1) is 19.4. The van der Waals surface area contributed by atoms with E-state index in [9.17, 15) is 4.79 Å². The number of anilines is 4. The monoisotopic (exact) mass is 375 g/mol. The summed E-state index contributed by atoms with van der Waals surface area (Å²) in [5.41, 5.74) is 4.22. The second-order valence-corrected chi connectivity index (χ2v) is 7.06. The van der Waals surface area contributed by atoms with Crippen LogP contribution in [-0.2, 0) is 0 Å². The number of amides is 1. The quantitative estimate of drug-likeness (QED) is 0.656. The predicted molar refractivity (Wildman–Crippen MR) is 115 cm³/mol. The highest BCUT2D eigenvalue weighted by molar-refractivity contribution is 6.03. The van der Waals surface area contributed by atoms with E-state index in [1.165, 1.54) is 5.56 Å². The maximum absolute atomic E-state index is 12.5. The molecule has 0 saturated carbocycles. The van der Waals surface area contributed by atoms with Gasteiger partial charge in [-0.25, -0.2) is 9.97 Å². The molecule has 0 spiro atoms. The molecule has 0 aliphatic heterocycles. The Labute approximate surface area is 165 Å². The molecule has 3 rings (SSSR count). The molecule has 144 valence electrons. The third kappa shape index (κ3) is 4.85. The zero-order valence-corrected chi connectivity index (χ0v) is 16.6. The Morgan fingerprint density at radius 3 is 2.18 bits per heavy atom. The van der Waals surface area contributed by atoms with E-state index in [4.69, 9.17) is 0 Å². The van der Waals surface area contributed by atoms with Crippen LogP contribution in [0.2, 0.25) is 0 Å². The molecule has 0 bridgehead atoms. The van der Waals surface area contributed by atoms with Gasteiger partial charge in [0.05, 0.1) is 0 Å². The van der Waals surface area contributed by atoms with Gasteiger partial charge in [-0.2, -0.15) is 0 Å². The number of benzene rings is 2. The number of aromatic nitrogens is 2. The van der Waals surface area contributed by atoms with Crippen molar-refractivity contribution in [2.75, 3.05) is 29.6 Å². The fourth-order valence-corrected chi connectivity index (χ4v) is 2.66. The van der Waals surface area contributed by atoms with E-state index < -0.39 is 0 Å². The largest absolute Gasteiger partial charge is 0.378 e. The van der Waals surface area contributed by atoms with Gasteiger partial charge in [0, 0.05) is 37.4 Å². The van der Waals surface area contributed by atoms with Gasteiger partial charge in [-0.15, -0.1) is 0 Å². The SMILES string of the molecule is CC(C)c1ccc(Nc2nccc(C(=O)Nc3ccc(N(C)C)cc3)n2)cc1. The highest BCUT2D eigenvalue weighted by Crippen LogP contribution is 2.19. The Morgan fingerprint density at radius 2 is 1.57 bits per heavy atom. The highest BCUT2D eigenvalue weighted by atomic mass is 16.1. The average molecular weight is 375 g/mol. The van der Waals surface area contributed by atoms with Crippen LogP contribution >= 0.6 is 0 Å². The van der Waals surface area contributed by atoms with Crippen LogP contribution in [0.15, 0.2) is 60.8 Å². The van der Waals surface area contributed by atoms with Crippen molar-refractivity contribution in [2.45, 2.75) is 19.8 Å². The molecule has 1 heterocycles. The summed E-state index contributed by atoms with van der Waals surface area (Å²) in [5, 5.41) is 6.00. The molecule has 0 atom stereocenters. The molecule has 2 N–H and O–H groups in total. The molecule has 1 aromatic heterocycles. The van der Waals surface area contributed by atoms with Crippen molar-refractivity contribution in [3.05, 3.63) is 72.1 Å². The lowest BCUT2D eigenvalue weighted by molar-refractivity contribution is 0.102. The van der Waals surface area contributed by atoms with Gasteiger partial charge in [-0.3, -0.25) is 4.79 Å². The second kappa shape index (κ2) is 8.52. The third-order valence-corrected chi connectivity index (χ3v) is 4.36. The van der Waals surface area contributed by atoms with Gasteiger partial charge in [-0.05, 0) is 53.9 Å². The number of carbonyl (C=O) groups excluding carboxylic acids is 1. The van der Waals surface area contributed by atoms with E-state index in [0.717, 1.165) is 11.4 Å². The first-order valence-corrected chi connectivity index (χ1v) is 9.21. The molecule has 2 aromatic carbocycles. The van der Waals surface area contributed by atoms with Crippen molar-refractivity contribution < 1.29 is 4.79 Å². The number of nitrogens with zero attached hydrogens (tertiary/aromatic N) is 3. The Kier molecular flexibility index (Phi) is 5.89. The summed E-state index contributed by atoms with van der Waals surface area (Å²) in [6.07, 6.45) is 1.57. The molecule has 0 radical (unpaired) electrons. The highest BCUT2D eigenvalue weighted by Gasteiger charge is 2.10. The van der Waals surface area contributed by atoms with Crippen LogP contribution in [0.25, 0.3) is 0 Å². The minimum Gasteiger partial charge on any atom is -0.378 e. The zero-order chi connectivity index (χ0) is 20.1. The fourth-order valence-electron chi connectivity index (χ4n) is 2.66. The van der Waals surface area contributed by atoms with Crippen molar-refractivity contribution >= 4 is 28.9 Å². The molecular weight excluding hydrogens is 350 g/mol. The molecule has 0 saturated heterocycles. The van der Waals surface area contributed by atoms with Crippen LogP contribution < -0.4 is 15.5 Å². The van der Waals surface area contributed by atoms with Crippen LogP contribution in [0.4, 0.5) is 23.0 Å². The Balaban J connectivity index is 1.68. The lowest BCUT2D eigenvalue weighted by Crippen LogP contribution is -2.15. The van der Waals surface area contributed by atoms with E-state index in [1.54, 1.807) is 12.3 Å². The maximum atomic E-state index is 12.5. The maximum Gasteiger partial charge on any atom is 0.274 e. The van der Waals surface area contributed by atoms with Gasteiger partial charge < -0.3 is 15.5 Å². The second-order valence-electron chi connectivity index (χ2n) is 7.06. The van der Waals surface area contributed by atoms with Crippen LogP contribution in [0.3, 0.4) is 0 Å². The smallest absolute Gasteiger partial charge is 0.274 e. The number of rotatable bonds is 6. The van der Waals surface area contributed by atoms with Crippen LogP contribution in [-0.4, -0.2) is 30.0 Å². The summed E-state index contributed by atoms with van der Waals surface area (Å²) in [5.74, 6) is 0.579. The molecular formula is C22H25N5O. The Bertz CT molecular complexity index is 934. The van der Waals surface area contributed by atoms with E-state index >= 15 is 0 Å². The van der Waals surface area contributed by atoms with Gasteiger partial charge in [0.2, 0.25) is 5.95 Å². The molecule has 0 aliphatic carbocycles. The summed E-state index contributed by atoms with van der Waals surface area (Å²) >= 11 is 0. The van der Waals surface area contributed by atoms with E-state index in [0.29, 0.717) is 23.2 Å². The van der Waals surface area contributed by atoms with Crippen molar-refractivity contribution in [3.8, 4) is 0 Å². The normalized spacial score (nSPS) is 10.6. The molecule has 3 aromatic rings. The number of hydrogen-bond donors (Lipinski definition) is 2. The lowest BCUT2D eigenvalue weighted by atomic mass is 10.0. The Hall–Kier alpha value is -3.41. The summed E-state index contributed by atoms with van der Waals surface area (Å²) in [4.78, 5) is 23.0. The number of nitrogens with one attached hydrogen (secondary N) is 2. The van der Waals surface area contributed by atoms with Gasteiger partial charge in [0.15, 0.2) is 0 Å². The molecule has 6 nitrogen and oxygen atoms in total. The van der Waals surface area contributed by atoms with E-state index in [-0.39, 0.29) is 5.91 Å². The number of hydrogen-bond acceptors (Lipinski definition) is 5. The van der Waals surface area contributed by atoms with Crippen molar-refractivity contribution in [3.63, 3.8) is 0 Å². The van der Waals surface area contributed by atoms with E-state index in [2.05, 4.69) is 46.6 Å². The van der Waals surface area contributed by atoms with Gasteiger partial charge >= 0.3 is 0 Å². The molecule has 0 fully saturated rings. The van der Waals surface area contributed by atoms with Crippen molar-refractivity contribution in [1.29, 1.82) is 0 Å². The fraction of sp³-hybridized carbons (Fsp3) is 0.227. The zero-order valence-electron chi connectivity index (χ0n) is 16.6. The minimum absolute atomic E-state index is 0.279. The van der Waals surface area contributed by atoms with Crippen molar-refractivity contribution in [1.82, 2.24) is 9.97 Å². The van der Waals surface area contributed by atoms with Gasteiger partial charge in [0.1, 0.15) is 5.69 Å². The molecule has 28 heavy (non-hydrogen) atoms. The topological polar surface area (TPSA) is 70.2 Å². The predicted octanol–water partition coefficient (Wildman–Crippen LogP) is 4.66. The summed E-state index contributed by atoms with van der Waals surface area (Å²) < 4.78 is 0. The first-order valence-electron chi connectivity index (χ1n) is 9.21. The molecule has 6 heteroatoms. The first-order chi connectivity index (χ1) is 13.4. The summed E-state index contributed by atoms with van der Waals surface area (Å²) in [6.45, 7) is 4.31.